The van der Waals surface area contributed by atoms with Gasteiger partial charge in [-0.15, -0.1) is 0 Å². The van der Waals surface area contributed by atoms with Crippen LogP contribution in [-0.2, 0) is 0 Å². The Balaban J connectivity index is 1.59. The molecule has 1 aliphatic heterocycles. The predicted molar refractivity (Wildman–Crippen MR) is 98.9 cm³/mol. The smallest absolute Gasteiger partial charge is 0.255 e. The van der Waals surface area contributed by atoms with E-state index in [1.54, 1.807) is 10.7 Å². The van der Waals surface area contributed by atoms with E-state index in [0.717, 1.165) is 30.5 Å². The Morgan fingerprint density at radius 1 is 1.20 bits per heavy atom. The number of nitrogens with one attached hydrogen (secondary N) is 1. The van der Waals surface area contributed by atoms with E-state index in [4.69, 9.17) is 0 Å². The minimum Gasteiger partial charge on any atom is -0.345 e. The number of hydrogen-bond donors (Lipinski definition) is 1. The first kappa shape index (κ1) is 16.6. The molecule has 5 nitrogen and oxygen atoms in total. The first-order valence-electron chi connectivity index (χ1n) is 9.65. The lowest BCUT2D eigenvalue weighted by molar-refractivity contribution is 0.0824. The highest BCUT2D eigenvalue weighted by Gasteiger charge is 2.36. The summed E-state index contributed by atoms with van der Waals surface area (Å²) in [7, 11) is 0. The molecule has 0 atom stereocenters. The molecule has 1 saturated heterocycles. The molecule has 2 aliphatic rings. The molecule has 1 saturated carbocycles. The quantitative estimate of drug-likeness (QED) is 0.930. The van der Waals surface area contributed by atoms with Gasteiger partial charge in [-0.25, -0.2) is 4.52 Å². The van der Waals surface area contributed by atoms with E-state index in [9.17, 15) is 4.79 Å². The minimum absolute atomic E-state index is 0.0328. The van der Waals surface area contributed by atoms with Crippen molar-refractivity contribution in [1.82, 2.24) is 19.8 Å². The van der Waals surface area contributed by atoms with E-state index in [1.165, 1.54) is 45.2 Å². The largest absolute Gasteiger partial charge is 0.345 e. The van der Waals surface area contributed by atoms with Crippen LogP contribution in [0.25, 0.3) is 5.52 Å². The number of amides is 1. The molecule has 1 amide bonds. The topological polar surface area (TPSA) is 49.6 Å². The number of pyridine rings is 1. The van der Waals surface area contributed by atoms with Gasteiger partial charge in [0.15, 0.2) is 0 Å². The fourth-order valence-corrected chi connectivity index (χ4v) is 4.61. The summed E-state index contributed by atoms with van der Waals surface area (Å²) in [4.78, 5) is 15.7. The van der Waals surface area contributed by atoms with Crippen LogP contribution in [0.4, 0.5) is 0 Å². The van der Waals surface area contributed by atoms with Crippen molar-refractivity contribution in [2.75, 3.05) is 19.6 Å². The summed E-state index contributed by atoms with van der Waals surface area (Å²) in [5.41, 5.74) is 2.63. The summed E-state index contributed by atoms with van der Waals surface area (Å²) < 4.78 is 1.80. The van der Waals surface area contributed by atoms with E-state index in [-0.39, 0.29) is 11.4 Å². The molecule has 2 aromatic heterocycles. The molecule has 3 heterocycles. The Hall–Kier alpha value is -1.88. The number of carbonyl (C=O) groups is 1. The van der Waals surface area contributed by atoms with E-state index in [0.29, 0.717) is 5.56 Å². The second-order valence-corrected chi connectivity index (χ2v) is 7.82. The zero-order chi connectivity index (χ0) is 17.3. The van der Waals surface area contributed by atoms with Gasteiger partial charge in [0.1, 0.15) is 0 Å². The lowest BCUT2D eigenvalue weighted by atomic mass is 9.81. The van der Waals surface area contributed by atoms with E-state index >= 15 is 0 Å². The second kappa shape index (κ2) is 6.79. The molecule has 0 unspecified atom stereocenters. The van der Waals surface area contributed by atoms with Crippen LogP contribution in [0.2, 0.25) is 0 Å². The van der Waals surface area contributed by atoms with Crippen LogP contribution in [-0.4, -0.2) is 45.6 Å². The molecule has 1 aliphatic carbocycles. The molecule has 1 N–H and O–H groups in total. The fraction of sp³-hybridized carbons (Fsp3) is 0.600. The molecule has 134 valence electrons. The predicted octanol–water partition coefficient (Wildman–Crippen LogP) is 3.17. The molecule has 0 aromatic carbocycles. The normalized spacial score (nSPS) is 20.8. The van der Waals surface area contributed by atoms with Crippen LogP contribution >= 0.6 is 0 Å². The molecule has 0 spiro atoms. The van der Waals surface area contributed by atoms with Crippen molar-refractivity contribution in [2.24, 2.45) is 0 Å². The van der Waals surface area contributed by atoms with Gasteiger partial charge in [0.05, 0.1) is 22.8 Å². The average Bonchev–Trinajstić information content (AvgIpc) is 3.25. The zero-order valence-corrected chi connectivity index (χ0v) is 15.1. The Bertz CT molecular complexity index is 754. The molecular weight excluding hydrogens is 312 g/mol. The van der Waals surface area contributed by atoms with E-state index in [2.05, 4.69) is 15.3 Å². The summed E-state index contributed by atoms with van der Waals surface area (Å²) in [5.74, 6) is 0.0328. The van der Waals surface area contributed by atoms with Gasteiger partial charge in [0.2, 0.25) is 0 Å². The van der Waals surface area contributed by atoms with Crippen molar-refractivity contribution in [3.63, 3.8) is 0 Å². The molecule has 0 radical (unpaired) electrons. The average molecular weight is 340 g/mol. The van der Waals surface area contributed by atoms with Crippen molar-refractivity contribution >= 4 is 11.4 Å². The Labute approximate surface area is 149 Å². The van der Waals surface area contributed by atoms with Gasteiger partial charge in [-0.1, -0.05) is 25.3 Å². The zero-order valence-electron chi connectivity index (χ0n) is 15.1. The monoisotopic (exact) mass is 340 g/mol. The van der Waals surface area contributed by atoms with Crippen LogP contribution in [0.15, 0.2) is 24.5 Å². The van der Waals surface area contributed by atoms with Crippen LogP contribution in [0, 0.1) is 6.92 Å². The SMILES string of the molecule is Cc1cccn2ncc(C(=O)NC3(CN4CCCC4)CCCCC3)c12. The fourth-order valence-electron chi connectivity index (χ4n) is 4.61. The third kappa shape index (κ3) is 3.30. The highest BCUT2D eigenvalue weighted by Crippen LogP contribution is 2.31. The van der Waals surface area contributed by atoms with E-state index in [1.807, 2.05) is 25.3 Å². The lowest BCUT2D eigenvalue weighted by Crippen LogP contribution is -2.56. The number of likely N-dealkylation sites (tertiary alicyclic amines) is 1. The maximum atomic E-state index is 13.1. The molecule has 2 fully saturated rings. The van der Waals surface area contributed by atoms with Gasteiger partial charge in [-0.3, -0.25) is 4.79 Å². The number of fused-ring (bicyclic) bond motifs is 1. The third-order valence-corrected chi connectivity index (χ3v) is 5.90. The highest BCUT2D eigenvalue weighted by atomic mass is 16.1. The molecule has 4 rings (SSSR count). The number of nitrogens with zero attached hydrogens (tertiary/aromatic N) is 3. The van der Waals surface area contributed by atoms with Crippen molar-refractivity contribution in [3.05, 3.63) is 35.7 Å². The number of aryl methyl sites for hydroxylation is 1. The maximum absolute atomic E-state index is 13.1. The Morgan fingerprint density at radius 2 is 1.96 bits per heavy atom. The standard InChI is InChI=1S/C20H28N4O/c1-16-8-7-13-24-18(16)17(14-21-24)19(25)22-20(9-3-2-4-10-20)15-23-11-5-6-12-23/h7-8,13-14H,2-6,9-12,15H2,1H3,(H,22,25). The summed E-state index contributed by atoms with van der Waals surface area (Å²) >= 11 is 0. The number of hydrogen-bond acceptors (Lipinski definition) is 3. The van der Waals surface area contributed by atoms with Crippen LogP contribution in [0.3, 0.4) is 0 Å². The summed E-state index contributed by atoms with van der Waals surface area (Å²) in [6.45, 7) is 5.38. The first-order valence-corrected chi connectivity index (χ1v) is 9.65. The van der Waals surface area contributed by atoms with Gasteiger partial charge < -0.3 is 10.2 Å². The first-order chi connectivity index (χ1) is 12.2. The summed E-state index contributed by atoms with van der Waals surface area (Å²) in [6.07, 6.45) is 12.1. The molecular formula is C20H28N4O. The highest BCUT2D eigenvalue weighted by molar-refractivity contribution is 6.01. The van der Waals surface area contributed by atoms with Gasteiger partial charge in [0.25, 0.3) is 5.91 Å². The van der Waals surface area contributed by atoms with Gasteiger partial charge in [-0.2, -0.15) is 5.10 Å². The van der Waals surface area contributed by atoms with Crippen LogP contribution < -0.4 is 5.32 Å². The molecule has 0 bridgehead atoms. The number of aromatic nitrogens is 2. The summed E-state index contributed by atoms with van der Waals surface area (Å²) in [5, 5.41) is 7.81. The number of carbonyl (C=O) groups excluding carboxylic acids is 1. The minimum atomic E-state index is -0.0728. The van der Waals surface area contributed by atoms with Crippen molar-refractivity contribution in [3.8, 4) is 0 Å². The summed E-state index contributed by atoms with van der Waals surface area (Å²) in [6, 6.07) is 4.00. The second-order valence-electron chi connectivity index (χ2n) is 7.82. The van der Waals surface area contributed by atoms with E-state index < -0.39 is 0 Å². The molecule has 2 aromatic rings. The Morgan fingerprint density at radius 3 is 2.72 bits per heavy atom. The van der Waals surface area contributed by atoms with Crippen molar-refractivity contribution < 1.29 is 4.79 Å². The van der Waals surface area contributed by atoms with Gasteiger partial charge in [0, 0.05) is 12.7 Å². The van der Waals surface area contributed by atoms with Crippen LogP contribution in [0.5, 0.6) is 0 Å². The third-order valence-electron chi connectivity index (χ3n) is 5.90. The molecule has 25 heavy (non-hydrogen) atoms. The van der Waals surface area contributed by atoms with Crippen molar-refractivity contribution in [2.45, 2.75) is 57.4 Å². The lowest BCUT2D eigenvalue weighted by Gasteiger charge is -2.41. The maximum Gasteiger partial charge on any atom is 0.255 e. The molecule has 5 heteroatoms. The van der Waals surface area contributed by atoms with Crippen LogP contribution in [0.1, 0.15) is 60.9 Å². The number of rotatable bonds is 4. The van der Waals surface area contributed by atoms with Gasteiger partial charge >= 0.3 is 0 Å². The van der Waals surface area contributed by atoms with Crippen molar-refractivity contribution in [1.29, 1.82) is 0 Å². The van der Waals surface area contributed by atoms with Gasteiger partial charge in [-0.05, 0) is 57.3 Å². The Kier molecular flexibility index (Phi) is 4.50.